The van der Waals surface area contributed by atoms with E-state index in [0.717, 1.165) is 5.69 Å². The van der Waals surface area contributed by atoms with Crippen LogP contribution in [0.4, 0.5) is 4.39 Å². The fourth-order valence-corrected chi connectivity index (χ4v) is 1.87. The van der Waals surface area contributed by atoms with E-state index < -0.39 is 11.8 Å². The maximum atomic E-state index is 13.4. The molecule has 110 valence electrons. The minimum atomic E-state index is -0.522. The standard InChI is InChI=1S/C15H11FN4O2/c16-14-4-2-1-3-12(14)9-22-15(21)11-5-7-13(8-6-11)20-10-17-18-19-20/h1-8,10H,9H2. The van der Waals surface area contributed by atoms with Gasteiger partial charge in [0.05, 0.1) is 11.3 Å². The molecule has 7 heteroatoms. The van der Waals surface area contributed by atoms with Crippen molar-refractivity contribution >= 4 is 5.97 Å². The third-order valence-corrected chi connectivity index (χ3v) is 3.03. The summed E-state index contributed by atoms with van der Waals surface area (Å²) >= 11 is 0. The molecule has 0 radical (unpaired) electrons. The van der Waals surface area contributed by atoms with Crippen molar-refractivity contribution in [3.05, 3.63) is 71.8 Å². The van der Waals surface area contributed by atoms with Crippen LogP contribution in [0.1, 0.15) is 15.9 Å². The number of halogens is 1. The lowest BCUT2D eigenvalue weighted by atomic mass is 10.2. The highest BCUT2D eigenvalue weighted by Gasteiger charge is 2.09. The molecular formula is C15H11FN4O2. The number of rotatable bonds is 4. The first-order valence-corrected chi connectivity index (χ1v) is 6.48. The summed E-state index contributed by atoms with van der Waals surface area (Å²) in [5.41, 5.74) is 1.42. The molecule has 2 aromatic carbocycles. The van der Waals surface area contributed by atoms with E-state index in [9.17, 15) is 9.18 Å². The van der Waals surface area contributed by atoms with Gasteiger partial charge in [-0.05, 0) is 40.8 Å². The molecule has 1 aromatic heterocycles. The molecule has 0 aliphatic rings. The van der Waals surface area contributed by atoms with Gasteiger partial charge in [0.2, 0.25) is 0 Å². The van der Waals surface area contributed by atoms with Crippen molar-refractivity contribution in [2.24, 2.45) is 0 Å². The molecule has 6 nitrogen and oxygen atoms in total. The minimum Gasteiger partial charge on any atom is -0.457 e. The van der Waals surface area contributed by atoms with Gasteiger partial charge in [-0.15, -0.1) is 5.10 Å². The molecule has 0 N–H and O–H groups in total. The van der Waals surface area contributed by atoms with Crippen molar-refractivity contribution in [2.45, 2.75) is 6.61 Å². The Kier molecular flexibility index (Phi) is 3.86. The summed E-state index contributed by atoms with van der Waals surface area (Å²) in [5, 5.41) is 10.8. The van der Waals surface area contributed by atoms with Crippen molar-refractivity contribution in [3.8, 4) is 5.69 Å². The zero-order valence-corrected chi connectivity index (χ0v) is 11.4. The molecule has 0 saturated carbocycles. The first kappa shape index (κ1) is 13.9. The molecule has 0 bridgehead atoms. The highest BCUT2D eigenvalue weighted by atomic mass is 19.1. The van der Waals surface area contributed by atoms with Crippen LogP contribution in [0.2, 0.25) is 0 Å². The molecule has 0 aliphatic carbocycles. The van der Waals surface area contributed by atoms with E-state index in [1.807, 2.05) is 0 Å². The van der Waals surface area contributed by atoms with Crippen LogP contribution in [0.5, 0.6) is 0 Å². The van der Waals surface area contributed by atoms with E-state index in [1.165, 1.54) is 17.1 Å². The Hall–Kier alpha value is -3.09. The Bertz CT molecular complexity index is 773. The number of tetrazole rings is 1. The van der Waals surface area contributed by atoms with Crippen molar-refractivity contribution < 1.29 is 13.9 Å². The van der Waals surface area contributed by atoms with Crippen LogP contribution < -0.4 is 0 Å². The monoisotopic (exact) mass is 298 g/mol. The first-order chi connectivity index (χ1) is 10.7. The van der Waals surface area contributed by atoms with Crippen LogP contribution in [-0.2, 0) is 11.3 Å². The highest BCUT2D eigenvalue weighted by Crippen LogP contribution is 2.12. The van der Waals surface area contributed by atoms with Gasteiger partial charge in [0.15, 0.2) is 0 Å². The smallest absolute Gasteiger partial charge is 0.338 e. The molecule has 3 aromatic rings. The number of hydrogen-bond donors (Lipinski definition) is 0. The molecule has 3 rings (SSSR count). The van der Waals surface area contributed by atoms with Crippen LogP contribution in [0, 0.1) is 5.82 Å². The average molecular weight is 298 g/mol. The lowest BCUT2D eigenvalue weighted by Gasteiger charge is -2.06. The fourth-order valence-electron chi connectivity index (χ4n) is 1.87. The lowest BCUT2D eigenvalue weighted by molar-refractivity contribution is 0.0469. The second-order valence-electron chi connectivity index (χ2n) is 4.47. The Morgan fingerprint density at radius 2 is 1.91 bits per heavy atom. The zero-order chi connectivity index (χ0) is 15.4. The SMILES string of the molecule is O=C(OCc1ccccc1F)c1ccc(-n2cnnn2)cc1. The second kappa shape index (κ2) is 6.13. The van der Waals surface area contributed by atoms with E-state index in [4.69, 9.17) is 4.74 Å². The first-order valence-electron chi connectivity index (χ1n) is 6.48. The third kappa shape index (κ3) is 2.98. The van der Waals surface area contributed by atoms with E-state index >= 15 is 0 Å². The van der Waals surface area contributed by atoms with Crippen LogP contribution in [0.15, 0.2) is 54.9 Å². The van der Waals surface area contributed by atoms with Gasteiger partial charge in [0.25, 0.3) is 0 Å². The number of nitrogens with zero attached hydrogens (tertiary/aromatic N) is 4. The van der Waals surface area contributed by atoms with Crippen molar-refractivity contribution in [2.75, 3.05) is 0 Å². The summed E-state index contributed by atoms with van der Waals surface area (Å²) in [5.74, 6) is -0.921. The summed E-state index contributed by atoms with van der Waals surface area (Å²) in [6.07, 6.45) is 1.45. The van der Waals surface area contributed by atoms with Gasteiger partial charge in [-0.1, -0.05) is 18.2 Å². The topological polar surface area (TPSA) is 69.9 Å². The van der Waals surface area contributed by atoms with Gasteiger partial charge in [-0.25, -0.2) is 13.9 Å². The number of carbonyl (C=O) groups is 1. The molecule has 0 amide bonds. The van der Waals surface area contributed by atoms with E-state index in [-0.39, 0.29) is 6.61 Å². The molecule has 0 atom stereocenters. The number of hydrogen-bond acceptors (Lipinski definition) is 5. The molecule has 0 unspecified atom stereocenters. The number of aromatic nitrogens is 4. The molecule has 0 saturated heterocycles. The Labute approximate surface area is 125 Å². The second-order valence-corrected chi connectivity index (χ2v) is 4.47. The quantitative estimate of drug-likeness (QED) is 0.690. The van der Waals surface area contributed by atoms with Crippen molar-refractivity contribution in [1.82, 2.24) is 20.2 Å². The zero-order valence-electron chi connectivity index (χ0n) is 11.4. The Balaban J connectivity index is 1.67. The number of esters is 1. The summed E-state index contributed by atoms with van der Waals surface area (Å²) in [6, 6.07) is 12.7. The average Bonchev–Trinajstić information content (AvgIpc) is 3.08. The third-order valence-electron chi connectivity index (χ3n) is 3.03. The van der Waals surface area contributed by atoms with Gasteiger partial charge in [-0.3, -0.25) is 0 Å². The van der Waals surface area contributed by atoms with Gasteiger partial charge in [0.1, 0.15) is 18.8 Å². The molecular weight excluding hydrogens is 287 g/mol. The molecule has 1 heterocycles. The summed E-state index contributed by atoms with van der Waals surface area (Å²) < 4.78 is 20.0. The number of benzene rings is 2. The number of carbonyl (C=O) groups excluding carboxylic acids is 1. The van der Waals surface area contributed by atoms with E-state index in [0.29, 0.717) is 11.1 Å². The lowest BCUT2D eigenvalue weighted by Crippen LogP contribution is -2.06. The minimum absolute atomic E-state index is 0.111. The summed E-state index contributed by atoms with van der Waals surface area (Å²) in [7, 11) is 0. The van der Waals surface area contributed by atoms with Gasteiger partial charge >= 0.3 is 5.97 Å². The maximum Gasteiger partial charge on any atom is 0.338 e. The Morgan fingerprint density at radius 3 is 2.59 bits per heavy atom. The van der Waals surface area contributed by atoms with Crippen LogP contribution >= 0.6 is 0 Å². The largest absolute Gasteiger partial charge is 0.457 e. The van der Waals surface area contributed by atoms with Crippen molar-refractivity contribution in [3.63, 3.8) is 0 Å². The normalized spacial score (nSPS) is 10.4. The van der Waals surface area contributed by atoms with E-state index in [2.05, 4.69) is 15.5 Å². The predicted octanol–water partition coefficient (Wildman–Crippen LogP) is 2.16. The Morgan fingerprint density at radius 1 is 1.14 bits per heavy atom. The summed E-state index contributed by atoms with van der Waals surface area (Å²) in [4.78, 5) is 11.9. The maximum absolute atomic E-state index is 13.4. The highest BCUT2D eigenvalue weighted by molar-refractivity contribution is 5.89. The summed E-state index contributed by atoms with van der Waals surface area (Å²) in [6.45, 7) is -0.111. The molecule has 0 spiro atoms. The molecule has 22 heavy (non-hydrogen) atoms. The van der Waals surface area contributed by atoms with Crippen LogP contribution in [0.3, 0.4) is 0 Å². The van der Waals surface area contributed by atoms with Gasteiger partial charge < -0.3 is 4.74 Å². The van der Waals surface area contributed by atoms with Crippen LogP contribution in [-0.4, -0.2) is 26.2 Å². The molecule has 0 aliphatic heterocycles. The van der Waals surface area contributed by atoms with Gasteiger partial charge in [0, 0.05) is 5.56 Å². The molecule has 0 fully saturated rings. The number of ether oxygens (including phenoxy) is 1. The predicted molar refractivity (Wildman–Crippen MR) is 74.7 cm³/mol. The van der Waals surface area contributed by atoms with Crippen molar-refractivity contribution in [1.29, 1.82) is 0 Å². The van der Waals surface area contributed by atoms with E-state index in [1.54, 1.807) is 42.5 Å². The van der Waals surface area contributed by atoms with Crippen LogP contribution in [0.25, 0.3) is 5.69 Å². The fraction of sp³-hybridized carbons (Fsp3) is 0.0667. The van der Waals surface area contributed by atoms with Gasteiger partial charge in [-0.2, -0.15) is 0 Å².